The van der Waals surface area contributed by atoms with Crippen molar-refractivity contribution in [3.8, 4) is 23.0 Å². The fourth-order valence-electron chi connectivity index (χ4n) is 6.13. The molecule has 10 heteroatoms. The summed E-state index contributed by atoms with van der Waals surface area (Å²) in [7, 11) is 0. The number of rotatable bonds is 9. The summed E-state index contributed by atoms with van der Waals surface area (Å²) in [5.41, 5.74) is 2.09. The average Bonchev–Trinajstić information content (AvgIpc) is 3.07. The van der Waals surface area contributed by atoms with Gasteiger partial charge in [0.15, 0.2) is 0 Å². The van der Waals surface area contributed by atoms with Crippen molar-refractivity contribution in [1.29, 1.82) is 0 Å². The highest BCUT2D eigenvalue weighted by atomic mass is 16.5. The van der Waals surface area contributed by atoms with Crippen LogP contribution in [0.2, 0.25) is 0 Å². The highest BCUT2D eigenvalue weighted by molar-refractivity contribution is 6.26. The smallest absolute Gasteiger partial charge is 0.308 e. The number of esters is 3. The van der Waals surface area contributed by atoms with Crippen molar-refractivity contribution in [2.75, 3.05) is 19.8 Å². The van der Waals surface area contributed by atoms with Gasteiger partial charge in [0.25, 0.3) is 0 Å². The summed E-state index contributed by atoms with van der Waals surface area (Å²) in [5.74, 6) is -4.77. The molecule has 0 aromatic heterocycles. The van der Waals surface area contributed by atoms with Crippen molar-refractivity contribution in [3.05, 3.63) is 47.5 Å². The van der Waals surface area contributed by atoms with Gasteiger partial charge in [0.05, 0.1) is 37.6 Å². The van der Waals surface area contributed by atoms with E-state index in [4.69, 9.17) is 14.2 Å². The molecule has 4 aromatic carbocycles. The molecule has 4 aromatic rings. The van der Waals surface area contributed by atoms with Crippen LogP contribution >= 0.6 is 0 Å². The molecule has 1 aliphatic rings. The van der Waals surface area contributed by atoms with Gasteiger partial charge in [0.1, 0.15) is 0 Å². The highest BCUT2D eigenvalue weighted by Gasteiger charge is 2.41. The fourth-order valence-corrected chi connectivity index (χ4v) is 6.13. The molecule has 0 heterocycles. The maximum absolute atomic E-state index is 12.2. The van der Waals surface area contributed by atoms with Gasteiger partial charge < -0.3 is 34.6 Å². The summed E-state index contributed by atoms with van der Waals surface area (Å²) >= 11 is 0. The lowest BCUT2D eigenvalue weighted by Gasteiger charge is -2.31. The predicted molar refractivity (Wildman–Crippen MR) is 174 cm³/mol. The Morgan fingerprint density at radius 2 is 0.729 bits per heavy atom. The molecule has 0 saturated heterocycles. The number of ether oxygens (including phenoxy) is 3. The van der Waals surface area contributed by atoms with Crippen LogP contribution in [0.3, 0.4) is 0 Å². The van der Waals surface area contributed by atoms with Crippen LogP contribution in [0.15, 0.2) is 36.4 Å². The van der Waals surface area contributed by atoms with Gasteiger partial charge in [0, 0.05) is 0 Å². The first-order valence-corrected chi connectivity index (χ1v) is 16.6. The van der Waals surface area contributed by atoms with Gasteiger partial charge >= 0.3 is 17.9 Å². The predicted octanol–water partition coefficient (Wildman–Crippen LogP) is 4.94. The van der Waals surface area contributed by atoms with Gasteiger partial charge in [0.2, 0.25) is 0 Å². The lowest BCUT2D eigenvalue weighted by Crippen LogP contribution is -2.37. The van der Waals surface area contributed by atoms with Crippen molar-refractivity contribution in [1.82, 2.24) is 0 Å². The van der Waals surface area contributed by atoms with E-state index >= 15 is 0 Å². The standard InChI is InChI=1S/C20H16O4.C18H30O6/c1-9-3-11-12(4-10(9)2)14-6-18(22)20(24)8-16(14)15-7-19(23)17(21)5-13(11)15;1-4-7-22-16(19)13-10-14(17(20)23-8-5-2)12-15(11-13)18(21)24-9-6-3/h3-8,21-24H,1-2H3;13-15H,4-12H2,1-3H3/p-4. The van der Waals surface area contributed by atoms with Crippen molar-refractivity contribution in [2.45, 2.75) is 73.1 Å². The van der Waals surface area contributed by atoms with Crippen molar-refractivity contribution in [3.63, 3.8) is 0 Å². The monoisotopic (exact) mass is 658 g/mol. The molecule has 1 saturated carbocycles. The number of hydrogen-bond acceptors (Lipinski definition) is 10. The Labute approximate surface area is 280 Å². The van der Waals surface area contributed by atoms with Crippen LogP contribution in [-0.2, 0) is 28.6 Å². The molecule has 0 bridgehead atoms. The Morgan fingerprint density at radius 3 is 0.958 bits per heavy atom. The van der Waals surface area contributed by atoms with E-state index in [1.54, 1.807) is 0 Å². The van der Waals surface area contributed by atoms with Crippen molar-refractivity contribution in [2.24, 2.45) is 17.8 Å². The van der Waals surface area contributed by atoms with E-state index in [2.05, 4.69) is 0 Å². The van der Waals surface area contributed by atoms with Crippen molar-refractivity contribution < 1.29 is 49.0 Å². The summed E-state index contributed by atoms with van der Waals surface area (Å²) < 4.78 is 15.6. The topological polar surface area (TPSA) is 171 Å². The minimum Gasteiger partial charge on any atom is -0.873 e. The molecule has 5 rings (SSSR count). The molecule has 48 heavy (non-hydrogen) atoms. The van der Waals surface area contributed by atoms with E-state index in [0.717, 1.165) is 41.2 Å². The molecule has 0 unspecified atom stereocenters. The van der Waals surface area contributed by atoms with E-state index < -0.39 is 40.8 Å². The van der Waals surface area contributed by atoms with E-state index in [9.17, 15) is 34.8 Å². The first-order valence-electron chi connectivity index (χ1n) is 16.6. The second kappa shape index (κ2) is 15.9. The van der Waals surface area contributed by atoms with Gasteiger partial charge in [-0.3, -0.25) is 14.4 Å². The normalized spacial score (nSPS) is 17.5. The van der Waals surface area contributed by atoms with E-state index in [0.29, 0.717) is 60.6 Å². The SMILES string of the molecule is CCCOC(=O)C1CC(C(=O)OCCC)CC(C(=O)OCCC)C1.Cc1cc2c(cc1C)c1cc([O-])c([O-])cc1c1cc([O-])c([O-])cc21. The molecule has 0 spiro atoms. The largest absolute Gasteiger partial charge is 0.873 e. The van der Waals surface area contributed by atoms with Gasteiger partial charge in [-0.15, -0.1) is 23.0 Å². The molecule has 0 N–H and O–H groups in total. The lowest BCUT2D eigenvalue weighted by molar-refractivity contribution is -0.317. The Morgan fingerprint density at radius 1 is 0.500 bits per heavy atom. The van der Waals surface area contributed by atoms with Gasteiger partial charge in [-0.1, -0.05) is 57.2 Å². The van der Waals surface area contributed by atoms with E-state index in [1.165, 1.54) is 24.3 Å². The van der Waals surface area contributed by atoms with Crippen LogP contribution in [0.5, 0.6) is 23.0 Å². The summed E-state index contributed by atoms with van der Waals surface area (Å²) in [6, 6.07) is 9.07. The number of fused-ring (bicyclic) bond motifs is 6. The number of hydrogen-bond donors (Lipinski definition) is 0. The third kappa shape index (κ3) is 8.03. The third-order valence-corrected chi connectivity index (χ3v) is 8.72. The van der Waals surface area contributed by atoms with Crippen LogP contribution in [0.25, 0.3) is 32.3 Å². The summed E-state index contributed by atoms with van der Waals surface area (Å²) in [5, 5.41) is 51.3. The van der Waals surface area contributed by atoms with Crippen LogP contribution in [0.1, 0.15) is 70.4 Å². The number of benzene rings is 4. The first kappa shape index (κ1) is 36.1. The van der Waals surface area contributed by atoms with E-state index in [-0.39, 0.29) is 17.9 Å². The minimum atomic E-state index is -0.620. The number of carbonyl (C=O) groups excluding carboxylic acids is 3. The fraction of sp³-hybridized carbons (Fsp3) is 0.447. The average molecular weight is 659 g/mol. The molecule has 0 atom stereocenters. The number of aryl methyl sites for hydroxylation is 2. The second-order valence-electron chi connectivity index (χ2n) is 12.5. The minimum absolute atomic E-state index is 0.335. The molecule has 10 nitrogen and oxygen atoms in total. The maximum Gasteiger partial charge on any atom is 0.308 e. The zero-order valence-electron chi connectivity index (χ0n) is 28.1. The summed E-state index contributed by atoms with van der Waals surface area (Å²) in [6.45, 7) is 10.7. The molecular formula is C38H42O10-4. The Bertz CT molecular complexity index is 1480. The van der Waals surface area contributed by atoms with Crippen LogP contribution in [-0.4, -0.2) is 37.7 Å². The van der Waals surface area contributed by atoms with E-state index in [1.807, 2.05) is 46.8 Å². The molecule has 0 aliphatic heterocycles. The molecular weight excluding hydrogens is 616 g/mol. The number of carbonyl (C=O) groups is 3. The zero-order valence-corrected chi connectivity index (χ0v) is 28.1. The second-order valence-corrected chi connectivity index (χ2v) is 12.5. The van der Waals surface area contributed by atoms with Gasteiger partial charge in [-0.05, 0) is 95.8 Å². The quantitative estimate of drug-likeness (QED) is 0.136. The summed E-state index contributed by atoms with van der Waals surface area (Å²) in [4.78, 5) is 36.6. The molecule has 1 fully saturated rings. The Kier molecular flexibility index (Phi) is 12.0. The van der Waals surface area contributed by atoms with Crippen LogP contribution in [0.4, 0.5) is 0 Å². The lowest BCUT2D eigenvalue weighted by atomic mass is 9.75. The van der Waals surface area contributed by atoms with Gasteiger partial charge in [-0.2, -0.15) is 0 Å². The maximum atomic E-state index is 12.2. The first-order chi connectivity index (χ1) is 22.9. The molecule has 258 valence electrons. The van der Waals surface area contributed by atoms with Crippen LogP contribution < -0.4 is 20.4 Å². The summed E-state index contributed by atoms with van der Waals surface area (Å²) in [6.07, 6.45) is 3.35. The molecule has 1 aliphatic carbocycles. The Hall–Kier alpha value is -4.73. The Balaban J connectivity index is 0.000000217. The van der Waals surface area contributed by atoms with Gasteiger partial charge in [-0.25, -0.2) is 0 Å². The third-order valence-electron chi connectivity index (χ3n) is 8.72. The molecule has 0 radical (unpaired) electrons. The van der Waals surface area contributed by atoms with Crippen LogP contribution in [0, 0.1) is 31.6 Å². The molecule has 0 amide bonds. The highest BCUT2D eigenvalue weighted by Crippen LogP contribution is 2.42. The zero-order chi connectivity index (χ0) is 35.1. The van der Waals surface area contributed by atoms with Crippen molar-refractivity contribution >= 4 is 50.2 Å².